The summed E-state index contributed by atoms with van der Waals surface area (Å²) >= 11 is 0. The molecule has 9 nitrogen and oxygen atoms in total. The van der Waals surface area contributed by atoms with E-state index >= 15 is 0 Å². The molecule has 3 aromatic rings. The number of imidazole rings is 1. The van der Waals surface area contributed by atoms with E-state index in [0.717, 1.165) is 5.82 Å². The maximum Gasteiger partial charge on any atom is 0.273 e. The molecule has 29 heavy (non-hydrogen) atoms. The molecule has 154 valence electrons. The van der Waals surface area contributed by atoms with Crippen LogP contribution in [0.25, 0.3) is 10.8 Å². The smallest absolute Gasteiger partial charge is 0.273 e. The van der Waals surface area contributed by atoms with Gasteiger partial charge in [-0.2, -0.15) is 0 Å². The first kappa shape index (κ1) is 20.8. The van der Waals surface area contributed by atoms with Gasteiger partial charge in [-0.3, -0.25) is 19.5 Å². The van der Waals surface area contributed by atoms with Crippen molar-refractivity contribution in [3.05, 3.63) is 63.2 Å². The van der Waals surface area contributed by atoms with Gasteiger partial charge in [-0.1, -0.05) is 12.1 Å². The molecule has 4 rings (SSSR count). The summed E-state index contributed by atoms with van der Waals surface area (Å²) in [7, 11) is 1.90. The van der Waals surface area contributed by atoms with Crippen molar-refractivity contribution in [3.63, 3.8) is 0 Å². The van der Waals surface area contributed by atoms with Crippen LogP contribution in [0.5, 0.6) is 0 Å². The summed E-state index contributed by atoms with van der Waals surface area (Å²) in [5, 5.41) is 6.58. The zero-order valence-electron chi connectivity index (χ0n) is 16.0. The predicted molar refractivity (Wildman–Crippen MR) is 111 cm³/mol. The van der Waals surface area contributed by atoms with Crippen molar-refractivity contribution in [1.82, 2.24) is 29.5 Å². The predicted octanol–water partition coefficient (Wildman–Crippen LogP) is 0.408. The van der Waals surface area contributed by atoms with Gasteiger partial charge in [0.25, 0.3) is 11.1 Å². The van der Waals surface area contributed by atoms with Crippen LogP contribution in [0.1, 0.15) is 18.3 Å². The summed E-state index contributed by atoms with van der Waals surface area (Å²) in [4.78, 5) is 43.9. The molecule has 1 fully saturated rings. The highest BCUT2D eigenvalue weighted by molar-refractivity contribution is 5.85. The molecule has 0 saturated carbocycles. The van der Waals surface area contributed by atoms with Crippen LogP contribution in [-0.4, -0.2) is 49.8 Å². The highest BCUT2D eigenvalue weighted by Crippen LogP contribution is 2.21. The number of nitrogens with zero attached hydrogens (tertiary/aromatic N) is 4. The van der Waals surface area contributed by atoms with E-state index in [1.54, 1.807) is 35.4 Å². The lowest BCUT2D eigenvalue weighted by molar-refractivity contribution is -0.135. The first-order valence-corrected chi connectivity index (χ1v) is 9.25. The lowest BCUT2D eigenvalue weighted by Crippen LogP contribution is -2.49. The highest BCUT2D eigenvalue weighted by Gasteiger charge is 2.30. The molecule has 1 aromatic carbocycles. The molecular weight excluding hydrogens is 396 g/mol. The first-order valence-electron chi connectivity index (χ1n) is 9.25. The molecule has 1 aliphatic rings. The molecular formula is C19H23ClN6O3. The number of fused-ring (bicyclic) bond motifs is 1. The second kappa shape index (κ2) is 8.62. The van der Waals surface area contributed by atoms with Crippen LogP contribution in [0.4, 0.5) is 0 Å². The Balaban J connectivity index is 0.00000240. The van der Waals surface area contributed by atoms with E-state index in [-0.39, 0.29) is 48.4 Å². The van der Waals surface area contributed by atoms with Gasteiger partial charge in [0.15, 0.2) is 0 Å². The van der Waals surface area contributed by atoms with Crippen LogP contribution in [0.2, 0.25) is 0 Å². The van der Waals surface area contributed by atoms with Gasteiger partial charge in [-0.15, -0.1) is 12.4 Å². The zero-order chi connectivity index (χ0) is 19.7. The van der Waals surface area contributed by atoms with E-state index in [4.69, 9.17) is 0 Å². The normalized spacial score (nSPS) is 16.6. The van der Waals surface area contributed by atoms with Crippen LogP contribution in [0, 0.1) is 0 Å². The fourth-order valence-electron chi connectivity index (χ4n) is 3.69. The van der Waals surface area contributed by atoms with Gasteiger partial charge < -0.3 is 14.8 Å². The number of rotatable bonds is 4. The number of hydrogen-bond acceptors (Lipinski definition) is 5. The monoisotopic (exact) mass is 418 g/mol. The Morgan fingerprint density at radius 2 is 2.00 bits per heavy atom. The standard InChI is InChI=1S/C19H22N6O3.ClH/c1-23-10-8-21-17(23)15-12-20-7-11-24(15)16(26)6-9-25-19(28)14-5-3-2-4-13(14)18(27)22-25;/h2-5,8,10,15,20H,6-7,9,11-12H2,1H3,(H,22,27);1H. The lowest BCUT2D eigenvalue weighted by Gasteiger charge is -2.35. The van der Waals surface area contributed by atoms with Crippen molar-refractivity contribution in [3.8, 4) is 0 Å². The third kappa shape index (κ3) is 3.96. The van der Waals surface area contributed by atoms with E-state index in [0.29, 0.717) is 30.4 Å². The number of aromatic nitrogens is 4. The number of piperazine rings is 1. The molecule has 0 bridgehead atoms. The first-order chi connectivity index (χ1) is 13.6. The van der Waals surface area contributed by atoms with Gasteiger partial charge in [-0.05, 0) is 12.1 Å². The van der Waals surface area contributed by atoms with Gasteiger partial charge in [0.2, 0.25) is 5.91 Å². The third-order valence-electron chi connectivity index (χ3n) is 5.15. The van der Waals surface area contributed by atoms with Crippen molar-refractivity contribution >= 4 is 29.1 Å². The Morgan fingerprint density at radius 3 is 2.72 bits per heavy atom. The van der Waals surface area contributed by atoms with Crippen LogP contribution >= 0.6 is 12.4 Å². The summed E-state index contributed by atoms with van der Waals surface area (Å²) < 4.78 is 3.13. The minimum Gasteiger partial charge on any atom is -0.336 e. The summed E-state index contributed by atoms with van der Waals surface area (Å²) in [5.74, 6) is 0.743. The molecule has 3 heterocycles. The van der Waals surface area contributed by atoms with Crippen molar-refractivity contribution in [2.45, 2.75) is 19.0 Å². The van der Waals surface area contributed by atoms with Gasteiger partial charge in [-0.25, -0.2) is 9.67 Å². The maximum absolute atomic E-state index is 12.9. The van der Waals surface area contributed by atoms with Crippen LogP contribution < -0.4 is 16.4 Å². The summed E-state index contributed by atoms with van der Waals surface area (Å²) in [6, 6.07) is 6.51. The van der Waals surface area contributed by atoms with Crippen molar-refractivity contribution in [2.24, 2.45) is 7.05 Å². The molecule has 0 spiro atoms. The number of carbonyl (C=O) groups is 1. The lowest BCUT2D eigenvalue weighted by atomic mass is 10.1. The van der Waals surface area contributed by atoms with E-state index < -0.39 is 0 Å². The number of halogens is 1. The number of H-pyrrole nitrogens is 1. The molecule has 10 heteroatoms. The maximum atomic E-state index is 12.9. The fraction of sp³-hybridized carbons (Fsp3) is 0.368. The molecule has 2 N–H and O–H groups in total. The Morgan fingerprint density at radius 1 is 1.24 bits per heavy atom. The summed E-state index contributed by atoms with van der Waals surface area (Å²) in [6.45, 7) is 2.03. The molecule has 1 atom stereocenters. The van der Waals surface area contributed by atoms with Gasteiger partial charge in [0.05, 0.1) is 17.3 Å². The molecule has 0 radical (unpaired) electrons. The van der Waals surface area contributed by atoms with Crippen molar-refractivity contribution in [1.29, 1.82) is 0 Å². The second-order valence-electron chi connectivity index (χ2n) is 6.90. The van der Waals surface area contributed by atoms with E-state index in [1.165, 1.54) is 4.68 Å². The second-order valence-corrected chi connectivity index (χ2v) is 6.90. The zero-order valence-corrected chi connectivity index (χ0v) is 16.8. The van der Waals surface area contributed by atoms with Crippen LogP contribution in [0.3, 0.4) is 0 Å². The number of benzene rings is 1. The molecule has 1 unspecified atom stereocenters. The summed E-state index contributed by atoms with van der Waals surface area (Å²) in [6.07, 6.45) is 3.69. The SMILES string of the molecule is Cl.Cn1ccnc1C1CNCCN1C(=O)CCn1[nH]c(=O)c2ccccc2c1=O. The molecule has 1 aliphatic heterocycles. The van der Waals surface area contributed by atoms with E-state index in [9.17, 15) is 14.4 Å². The van der Waals surface area contributed by atoms with Crippen molar-refractivity contribution in [2.75, 3.05) is 19.6 Å². The number of nitrogens with one attached hydrogen (secondary N) is 2. The average molecular weight is 419 g/mol. The molecule has 0 aliphatic carbocycles. The molecule has 1 amide bonds. The Hall–Kier alpha value is -2.91. The Labute approximate surface area is 172 Å². The number of hydrogen-bond donors (Lipinski definition) is 2. The average Bonchev–Trinajstić information content (AvgIpc) is 3.15. The minimum absolute atomic E-state index is 0. The van der Waals surface area contributed by atoms with Gasteiger partial charge >= 0.3 is 0 Å². The Bertz CT molecular complexity index is 1130. The number of carbonyl (C=O) groups excluding carboxylic acids is 1. The minimum atomic E-state index is -0.337. The summed E-state index contributed by atoms with van der Waals surface area (Å²) in [5.41, 5.74) is -0.639. The Kier molecular flexibility index (Phi) is 6.19. The van der Waals surface area contributed by atoms with Gasteiger partial charge in [0.1, 0.15) is 11.9 Å². The number of aryl methyl sites for hydroxylation is 2. The topological polar surface area (TPSA) is 105 Å². The largest absolute Gasteiger partial charge is 0.336 e. The quantitative estimate of drug-likeness (QED) is 0.638. The molecule has 1 saturated heterocycles. The van der Waals surface area contributed by atoms with E-state index in [2.05, 4.69) is 15.4 Å². The molecule has 2 aromatic heterocycles. The number of amides is 1. The van der Waals surface area contributed by atoms with Crippen molar-refractivity contribution < 1.29 is 4.79 Å². The highest BCUT2D eigenvalue weighted by atomic mass is 35.5. The number of aromatic amines is 1. The fourth-order valence-corrected chi connectivity index (χ4v) is 3.69. The van der Waals surface area contributed by atoms with Crippen LogP contribution in [0.15, 0.2) is 46.2 Å². The third-order valence-corrected chi connectivity index (χ3v) is 5.15. The van der Waals surface area contributed by atoms with Crippen LogP contribution in [-0.2, 0) is 18.4 Å². The van der Waals surface area contributed by atoms with Gasteiger partial charge in [0, 0.05) is 45.5 Å². The van der Waals surface area contributed by atoms with E-state index in [1.807, 2.05) is 17.8 Å².